The molecule has 54 heavy (non-hydrogen) atoms. The first kappa shape index (κ1) is 51.3. The number of hydrogen-bond acceptors (Lipinski definition) is 5. The molecule has 0 heterocycles. The fraction of sp³-hybridized carbons (Fsp3) is 0.708. The van der Waals surface area contributed by atoms with Gasteiger partial charge in [-0.3, -0.25) is 9.59 Å². The molecule has 3 unspecified atom stereocenters. The molecule has 0 fully saturated rings. The minimum absolute atomic E-state index is 0.0567. The van der Waals surface area contributed by atoms with Gasteiger partial charge in [-0.05, 0) is 44.9 Å². The summed E-state index contributed by atoms with van der Waals surface area (Å²) in [6, 6.07) is -0.709. The van der Waals surface area contributed by atoms with Crippen molar-refractivity contribution in [3.63, 3.8) is 0 Å². The summed E-state index contributed by atoms with van der Waals surface area (Å²) in [4.78, 5) is 25.9. The number of aliphatic hydroxyl groups excluding tert-OH is 2. The van der Waals surface area contributed by atoms with Gasteiger partial charge in [0.1, 0.15) is 6.10 Å². The first-order chi connectivity index (χ1) is 26.5. The summed E-state index contributed by atoms with van der Waals surface area (Å²) in [7, 11) is 0. The molecule has 0 saturated carbocycles. The number of aliphatic hydroxyl groups is 2. The van der Waals surface area contributed by atoms with E-state index < -0.39 is 18.2 Å². The van der Waals surface area contributed by atoms with Gasteiger partial charge in [0.05, 0.1) is 25.2 Å². The van der Waals surface area contributed by atoms with E-state index >= 15 is 0 Å². The van der Waals surface area contributed by atoms with Crippen LogP contribution in [0.15, 0.2) is 72.9 Å². The summed E-state index contributed by atoms with van der Waals surface area (Å²) in [6.45, 7) is 6.27. The summed E-state index contributed by atoms with van der Waals surface area (Å²) >= 11 is 0. The van der Waals surface area contributed by atoms with Gasteiger partial charge in [-0.15, -0.1) is 0 Å². The van der Waals surface area contributed by atoms with E-state index in [9.17, 15) is 19.8 Å². The molecule has 0 aromatic rings. The van der Waals surface area contributed by atoms with E-state index in [1.165, 1.54) is 77.0 Å². The first-order valence-electron chi connectivity index (χ1n) is 22.2. The summed E-state index contributed by atoms with van der Waals surface area (Å²) < 4.78 is 5.86. The maximum absolute atomic E-state index is 13.1. The van der Waals surface area contributed by atoms with Crippen LogP contribution in [-0.2, 0) is 14.3 Å². The second kappa shape index (κ2) is 41.5. The maximum atomic E-state index is 13.1. The number of hydrogen-bond donors (Lipinski definition) is 3. The van der Waals surface area contributed by atoms with Crippen LogP contribution < -0.4 is 5.32 Å². The lowest BCUT2D eigenvalue weighted by Crippen LogP contribution is -2.46. The highest BCUT2D eigenvalue weighted by molar-refractivity contribution is 5.77. The average Bonchev–Trinajstić information content (AvgIpc) is 3.16. The van der Waals surface area contributed by atoms with Crippen molar-refractivity contribution in [1.82, 2.24) is 5.32 Å². The Morgan fingerprint density at radius 2 is 1.00 bits per heavy atom. The van der Waals surface area contributed by atoms with E-state index in [2.05, 4.69) is 44.3 Å². The zero-order chi connectivity index (χ0) is 39.6. The van der Waals surface area contributed by atoms with Crippen molar-refractivity contribution in [1.29, 1.82) is 0 Å². The fourth-order valence-electron chi connectivity index (χ4n) is 6.34. The van der Waals surface area contributed by atoms with Crippen LogP contribution in [0.4, 0.5) is 0 Å². The van der Waals surface area contributed by atoms with Crippen LogP contribution in [0, 0.1) is 0 Å². The fourth-order valence-corrected chi connectivity index (χ4v) is 6.34. The Hall–Kier alpha value is -2.70. The highest BCUT2D eigenvalue weighted by Gasteiger charge is 2.24. The third-order valence-electron chi connectivity index (χ3n) is 9.71. The molecule has 0 aliphatic rings. The Kier molecular flexibility index (Phi) is 39.4. The second-order valence-electron chi connectivity index (χ2n) is 14.9. The van der Waals surface area contributed by atoms with Crippen molar-refractivity contribution in [2.75, 3.05) is 6.61 Å². The molecular formula is C48H83NO5. The Bertz CT molecular complexity index is 1030. The predicted molar refractivity (Wildman–Crippen MR) is 231 cm³/mol. The van der Waals surface area contributed by atoms with Gasteiger partial charge in [-0.2, -0.15) is 0 Å². The van der Waals surface area contributed by atoms with Crippen LogP contribution >= 0.6 is 0 Å². The minimum Gasteiger partial charge on any atom is -0.462 e. The molecule has 310 valence electrons. The number of carbonyl (C=O) groups excluding carboxylic acids is 2. The molecule has 0 spiro atoms. The van der Waals surface area contributed by atoms with Crippen molar-refractivity contribution in [3.8, 4) is 0 Å². The standard InChI is InChI=1S/C48H83NO5/c1-4-7-10-13-16-19-21-22-23-24-25-26-27-29-32-35-38-41-48(53)54-44(39-36-33-30-18-15-12-9-6-3)42-47(52)49-45(43-50)46(51)40-37-34-31-28-20-17-14-11-8-5-2/h7,10,13,16,19,21-27,44-46,50-51H,4-6,8-9,11-12,14-15,17-18,20,28-43H2,1-3H3,(H,49,52)/b10-7-,16-13+,21-19+,23-22-,25-24+,27-26+. The van der Waals surface area contributed by atoms with Crippen molar-refractivity contribution >= 4 is 11.9 Å². The number of allylic oxidation sites excluding steroid dienone is 12. The molecule has 0 radical (unpaired) electrons. The lowest BCUT2D eigenvalue weighted by molar-refractivity contribution is -0.151. The number of nitrogens with one attached hydrogen (secondary N) is 1. The Labute approximate surface area is 332 Å². The molecule has 0 saturated heterocycles. The molecule has 3 atom stereocenters. The van der Waals surface area contributed by atoms with E-state index in [0.29, 0.717) is 19.3 Å². The van der Waals surface area contributed by atoms with Crippen molar-refractivity contribution in [2.24, 2.45) is 0 Å². The molecule has 0 aliphatic heterocycles. The summed E-state index contributed by atoms with van der Waals surface area (Å²) in [5.41, 5.74) is 0. The van der Waals surface area contributed by atoms with Crippen LogP contribution in [0.2, 0.25) is 0 Å². The van der Waals surface area contributed by atoms with E-state index in [4.69, 9.17) is 4.74 Å². The normalized spacial score (nSPS) is 14.1. The van der Waals surface area contributed by atoms with Gasteiger partial charge in [0.25, 0.3) is 0 Å². The van der Waals surface area contributed by atoms with Gasteiger partial charge < -0.3 is 20.3 Å². The first-order valence-corrected chi connectivity index (χ1v) is 22.2. The molecule has 0 aromatic heterocycles. The van der Waals surface area contributed by atoms with Gasteiger partial charge in [0.15, 0.2) is 0 Å². The zero-order valence-electron chi connectivity index (χ0n) is 35.1. The Morgan fingerprint density at radius 3 is 1.50 bits per heavy atom. The number of ether oxygens (including phenoxy) is 1. The number of rotatable bonds is 38. The Balaban J connectivity index is 4.61. The lowest BCUT2D eigenvalue weighted by Gasteiger charge is -2.24. The zero-order valence-corrected chi connectivity index (χ0v) is 35.1. The van der Waals surface area contributed by atoms with Gasteiger partial charge >= 0.3 is 5.97 Å². The molecule has 3 N–H and O–H groups in total. The molecule has 0 rings (SSSR count). The molecule has 1 amide bonds. The quantitative estimate of drug-likeness (QED) is 0.0331. The SMILES string of the molecule is CC\C=C/C=C/C=C/C=C\C=C\C=C\CCCCCC(=O)OC(CCCCCCCCCC)CC(=O)NC(CO)C(O)CCCCCCCCCCCC. The van der Waals surface area contributed by atoms with Crippen LogP contribution in [0.3, 0.4) is 0 Å². The van der Waals surface area contributed by atoms with E-state index in [0.717, 1.165) is 70.6 Å². The largest absolute Gasteiger partial charge is 0.462 e. The molecule has 0 aromatic carbocycles. The van der Waals surface area contributed by atoms with Crippen molar-refractivity contribution in [3.05, 3.63) is 72.9 Å². The number of amides is 1. The van der Waals surface area contributed by atoms with Crippen LogP contribution in [0.25, 0.3) is 0 Å². The molecule has 6 nitrogen and oxygen atoms in total. The van der Waals surface area contributed by atoms with Crippen LogP contribution in [0.5, 0.6) is 0 Å². The topological polar surface area (TPSA) is 95.9 Å². The third-order valence-corrected chi connectivity index (χ3v) is 9.71. The second-order valence-corrected chi connectivity index (χ2v) is 14.9. The van der Waals surface area contributed by atoms with Crippen LogP contribution in [-0.4, -0.2) is 46.9 Å². The lowest BCUT2D eigenvalue weighted by atomic mass is 10.0. The number of esters is 1. The molecule has 0 bridgehead atoms. The molecule has 6 heteroatoms. The number of carbonyl (C=O) groups is 2. The van der Waals surface area contributed by atoms with Crippen molar-refractivity contribution < 1.29 is 24.5 Å². The average molecular weight is 754 g/mol. The van der Waals surface area contributed by atoms with Gasteiger partial charge in [0.2, 0.25) is 5.91 Å². The maximum Gasteiger partial charge on any atom is 0.306 e. The molecule has 0 aliphatic carbocycles. The van der Waals surface area contributed by atoms with E-state index in [1.807, 2.05) is 54.7 Å². The Morgan fingerprint density at radius 1 is 0.556 bits per heavy atom. The van der Waals surface area contributed by atoms with Gasteiger partial charge in [-0.1, -0.05) is 209 Å². The predicted octanol–water partition coefficient (Wildman–Crippen LogP) is 12.7. The summed E-state index contributed by atoms with van der Waals surface area (Å²) in [5, 5.41) is 23.5. The van der Waals surface area contributed by atoms with Gasteiger partial charge in [0, 0.05) is 6.42 Å². The van der Waals surface area contributed by atoms with Gasteiger partial charge in [-0.25, -0.2) is 0 Å². The molecular weight excluding hydrogens is 671 g/mol. The monoisotopic (exact) mass is 754 g/mol. The van der Waals surface area contributed by atoms with E-state index in [-0.39, 0.29) is 24.9 Å². The smallest absolute Gasteiger partial charge is 0.306 e. The van der Waals surface area contributed by atoms with Crippen LogP contribution in [0.1, 0.15) is 194 Å². The third kappa shape index (κ3) is 36.3. The highest BCUT2D eigenvalue weighted by atomic mass is 16.5. The summed E-state index contributed by atoms with van der Waals surface area (Å²) in [5.74, 6) is -0.534. The van der Waals surface area contributed by atoms with E-state index in [1.54, 1.807) is 0 Å². The number of unbranched alkanes of at least 4 members (excludes halogenated alkanes) is 19. The summed E-state index contributed by atoms with van der Waals surface area (Å²) in [6.07, 6.45) is 51.0. The van der Waals surface area contributed by atoms with Crippen molar-refractivity contribution in [2.45, 2.75) is 212 Å². The highest BCUT2D eigenvalue weighted by Crippen LogP contribution is 2.17. The minimum atomic E-state index is -0.794.